The molecule has 1 saturated carbocycles. The average Bonchev–Trinajstić information content (AvgIpc) is 3.50. The molecule has 1 amide bonds. The van der Waals surface area contributed by atoms with Crippen molar-refractivity contribution in [3.63, 3.8) is 0 Å². The third-order valence-electron chi connectivity index (χ3n) is 4.90. The van der Waals surface area contributed by atoms with E-state index in [0.29, 0.717) is 19.1 Å². The molecule has 1 aromatic carbocycles. The summed E-state index contributed by atoms with van der Waals surface area (Å²) >= 11 is 0. The predicted molar refractivity (Wildman–Crippen MR) is 127 cm³/mol. The first-order valence-corrected chi connectivity index (χ1v) is 10.4. The number of carbonyl (C=O) groups is 1. The third-order valence-corrected chi connectivity index (χ3v) is 4.90. The number of nitrogens with one attached hydrogen (secondary N) is 2. The summed E-state index contributed by atoms with van der Waals surface area (Å²) in [6, 6.07) is 10.3. The maximum Gasteiger partial charge on any atom is 0.234 e. The molecule has 1 aliphatic carbocycles. The van der Waals surface area contributed by atoms with Gasteiger partial charge in [-0.2, -0.15) is 0 Å². The van der Waals surface area contributed by atoms with E-state index in [-0.39, 0.29) is 36.0 Å². The molecule has 8 heteroatoms. The third kappa shape index (κ3) is 8.38. The maximum absolute atomic E-state index is 12.0. The van der Waals surface area contributed by atoms with Gasteiger partial charge in [-0.3, -0.25) is 9.69 Å². The summed E-state index contributed by atoms with van der Waals surface area (Å²) in [5.41, 5.74) is 0. The fraction of sp³-hybridized carbons (Fsp3) is 0.619. The molecule has 1 atom stereocenters. The van der Waals surface area contributed by atoms with E-state index in [1.807, 2.05) is 37.3 Å². The first kappa shape index (κ1) is 23.7. The highest BCUT2D eigenvalue weighted by atomic mass is 127. The van der Waals surface area contributed by atoms with Crippen molar-refractivity contribution in [2.45, 2.75) is 38.8 Å². The van der Waals surface area contributed by atoms with Crippen LogP contribution in [0.25, 0.3) is 0 Å². The number of hydrogen-bond acceptors (Lipinski definition) is 4. The Hall–Kier alpha value is -1.55. The zero-order valence-electron chi connectivity index (χ0n) is 17.5. The summed E-state index contributed by atoms with van der Waals surface area (Å²) in [5, 5.41) is 6.45. The molecular weight excluding hydrogens is 481 g/mol. The van der Waals surface area contributed by atoms with Gasteiger partial charge >= 0.3 is 0 Å². The van der Waals surface area contributed by atoms with Crippen LogP contribution in [-0.2, 0) is 4.79 Å². The Labute approximate surface area is 191 Å². The predicted octanol–water partition coefficient (Wildman–Crippen LogP) is 1.93. The lowest BCUT2D eigenvalue weighted by molar-refractivity contribution is -0.122. The summed E-state index contributed by atoms with van der Waals surface area (Å²) < 4.78 is 5.92. The number of nitrogens with zero attached hydrogens (tertiary/aromatic N) is 3. The van der Waals surface area contributed by atoms with E-state index in [1.54, 1.807) is 0 Å². The smallest absolute Gasteiger partial charge is 0.234 e. The molecule has 1 aliphatic heterocycles. The average molecular weight is 515 g/mol. The number of hydrogen-bond donors (Lipinski definition) is 2. The second-order valence-corrected chi connectivity index (χ2v) is 7.54. The van der Waals surface area contributed by atoms with Gasteiger partial charge in [0.1, 0.15) is 11.9 Å². The summed E-state index contributed by atoms with van der Waals surface area (Å²) in [5.74, 6) is 1.95. The van der Waals surface area contributed by atoms with Crippen molar-refractivity contribution in [1.29, 1.82) is 0 Å². The highest BCUT2D eigenvalue weighted by molar-refractivity contribution is 14.0. The number of ether oxygens (including phenoxy) is 1. The molecule has 0 radical (unpaired) electrons. The lowest BCUT2D eigenvalue weighted by Crippen LogP contribution is -2.54. The number of guanidine groups is 1. The number of amides is 1. The molecule has 1 saturated heterocycles. The van der Waals surface area contributed by atoms with Crippen molar-refractivity contribution in [2.75, 3.05) is 45.8 Å². The number of piperazine rings is 1. The Kier molecular flexibility index (Phi) is 9.99. The molecule has 1 heterocycles. The van der Waals surface area contributed by atoms with Crippen LogP contribution in [0, 0.1) is 0 Å². The molecule has 1 aromatic rings. The summed E-state index contributed by atoms with van der Waals surface area (Å²) in [7, 11) is 0. The van der Waals surface area contributed by atoms with E-state index in [1.165, 1.54) is 0 Å². The Morgan fingerprint density at radius 1 is 1.21 bits per heavy atom. The van der Waals surface area contributed by atoms with Crippen LogP contribution < -0.4 is 15.4 Å². The number of para-hydroxylation sites is 1. The fourth-order valence-electron chi connectivity index (χ4n) is 3.23. The zero-order chi connectivity index (χ0) is 19.8. The SMILES string of the molecule is CCNC(=NCC(C)Oc1ccccc1)N1CCN(CC(=O)NC2CC2)CC1.I. The van der Waals surface area contributed by atoms with Gasteiger partial charge in [-0.25, -0.2) is 4.99 Å². The van der Waals surface area contributed by atoms with Crippen molar-refractivity contribution in [1.82, 2.24) is 20.4 Å². The minimum Gasteiger partial charge on any atom is -0.489 e. The van der Waals surface area contributed by atoms with E-state index in [9.17, 15) is 4.79 Å². The Morgan fingerprint density at radius 3 is 2.52 bits per heavy atom. The van der Waals surface area contributed by atoms with Crippen molar-refractivity contribution in [3.05, 3.63) is 30.3 Å². The first-order valence-electron chi connectivity index (χ1n) is 10.4. The van der Waals surface area contributed by atoms with Crippen LogP contribution in [0.5, 0.6) is 5.75 Å². The molecule has 2 fully saturated rings. The van der Waals surface area contributed by atoms with E-state index >= 15 is 0 Å². The topological polar surface area (TPSA) is 69.2 Å². The highest BCUT2D eigenvalue weighted by Crippen LogP contribution is 2.18. The number of carbonyl (C=O) groups excluding carboxylic acids is 1. The summed E-state index contributed by atoms with van der Waals surface area (Å²) in [6.07, 6.45) is 2.27. The van der Waals surface area contributed by atoms with Crippen LogP contribution in [0.4, 0.5) is 0 Å². The van der Waals surface area contributed by atoms with E-state index in [2.05, 4.69) is 27.4 Å². The molecule has 3 rings (SSSR count). The molecule has 0 bridgehead atoms. The van der Waals surface area contributed by atoms with Crippen LogP contribution in [-0.4, -0.2) is 79.6 Å². The number of aliphatic imine (C=N–C) groups is 1. The van der Waals surface area contributed by atoms with Crippen molar-refractivity contribution in [3.8, 4) is 5.75 Å². The van der Waals surface area contributed by atoms with E-state index < -0.39 is 0 Å². The van der Waals surface area contributed by atoms with Gasteiger partial charge in [0.05, 0.1) is 13.1 Å². The molecular formula is C21H34IN5O2. The minimum atomic E-state index is 0. The minimum absolute atomic E-state index is 0. The lowest BCUT2D eigenvalue weighted by atomic mass is 10.3. The van der Waals surface area contributed by atoms with Gasteiger partial charge in [0.25, 0.3) is 0 Å². The van der Waals surface area contributed by atoms with Gasteiger partial charge in [-0.15, -0.1) is 24.0 Å². The Bertz CT molecular complexity index is 646. The van der Waals surface area contributed by atoms with Crippen LogP contribution in [0.1, 0.15) is 26.7 Å². The van der Waals surface area contributed by atoms with Gasteiger partial charge < -0.3 is 20.3 Å². The number of rotatable bonds is 8. The van der Waals surface area contributed by atoms with Gasteiger partial charge in [0.15, 0.2) is 5.96 Å². The Morgan fingerprint density at radius 2 is 1.90 bits per heavy atom. The normalized spacial score (nSPS) is 18.6. The van der Waals surface area contributed by atoms with Gasteiger partial charge in [-0.05, 0) is 38.8 Å². The second-order valence-electron chi connectivity index (χ2n) is 7.54. The number of benzene rings is 1. The molecule has 0 spiro atoms. The van der Waals surface area contributed by atoms with Crippen LogP contribution in [0.3, 0.4) is 0 Å². The Balaban J connectivity index is 0.00000300. The highest BCUT2D eigenvalue weighted by Gasteiger charge is 2.26. The molecule has 162 valence electrons. The van der Waals surface area contributed by atoms with E-state index in [0.717, 1.165) is 57.3 Å². The van der Waals surface area contributed by atoms with Crippen LogP contribution >= 0.6 is 24.0 Å². The molecule has 7 nitrogen and oxygen atoms in total. The van der Waals surface area contributed by atoms with Gasteiger partial charge in [0, 0.05) is 38.8 Å². The molecule has 29 heavy (non-hydrogen) atoms. The lowest BCUT2D eigenvalue weighted by Gasteiger charge is -2.36. The quantitative estimate of drug-likeness (QED) is 0.315. The summed E-state index contributed by atoms with van der Waals surface area (Å²) in [4.78, 5) is 21.3. The molecule has 2 aliphatic rings. The van der Waals surface area contributed by atoms with E-state index in [4.69, 9.17) is 9.73 Å². The number of halogens is 1. The zero-order valence-corrected chi connectivity index (χ0v) is 19.8. The summed E-state index contributed by atoms with van der Waals surface area (Å²) in [6.45, 7) is 9.54. The largest absolute Gasteiger partial charge is 0.489 e. The van der Waals surface area contributed by atoms with Crippen LogP contribution in [0.2, 0.25) is 0 Å². The monoisotopic (exact) mass is 515 g/mol. The maximum atomic E-state index is 12.0. The van der Waals surface area contributed by atoms with Crippen molar-refractivity contribution >= 4 is 35.8 Å². The molecule has 0 aromatic heterocycles. The molecule has 2 N–H and O–H groups in total. The van der Waals surface area contributed by atoms with Crippen molar-refractivity contribution < 1.29 is 9.53 Å². The van der Waals surface area contributed by atoms with Crippen LogP contribution in [0.15, 0.2) is 35.3 Å². The molecule has 1 unspecified atom stereocenters. The fourth-order valence-corrected chi connectivity index (χ4v) is 3.23. The van der Waals surface area contributed by atoms with Gasteiger partial charge in [-0.1, -0.05) is 18.2 Å². The standard InChI is InChI=1S/C21H33N5O2.HI/c1-3-22-21(23-15-17(2)28-19-7-5-4-6-8-19)26-13-11-25(12-14-26)16-20(27)24-18-9-10-18;/h4-8,17-18H,3,9-16H2,1-2H3,(H,22,23)(H,24,27);1H. The second kappa shape index (κ2) is 12.2. The first-order chi connectivity index (χ1) is 13.6. The van der Waals surface area contributed by atoms with Crippen molar-refractivity contribution in [2.24, 2.45) is 4.99 Å². The van der Waals surface area contributed by atoms with Gasteiger partial charge in [0.2, 0.25) is 5.91 Å².